The van der Waals surface area contributed by atoms with E-state index in [9.17, 15) is 0 Å². The van der Waals surface area contributed by atoms with E-state index >= 15 is 0 Å². The van der Waals surface area contributed by atoms with Crippen LogP contribution in [0.3, 0.4) is 0 Å². The summed E-state index contributed by atoms with van der Waals surface area (Å²) < 4.78 is 14.8. The summed E-state index contributed by atoms with van der Waals surface area (Å²) >= 11 is 0. The van der Waals surface area contributed by atoms with E-state index in [0.29, 0.717) is 12.5 Å². The lowest BCUT2D eigenvalue weighted by Crippen LogP contribution is -2.54. The van der Waals surface area contributed by atoms with Crippen LogP contribution in [0, 0.1) is 0 Å². The number of piperidine rings is 1. The molecule has 0 amide bonds. The first-order chi connectivity index (χ1) is 14.2. The van der Waals surface area contributed by atoms with E-state index in [1.165, 1.54) is 48.1 Å². The van der Waals surface area contributed by atoms with Gasteiger partial charge in [0, 0.05) is 50.8 Å². The fraction of sp³-hybridized carbons (Fsp3) is 0.625. The van der Waals surface area contributed by atoms with Gasteiger partial charge in [-0.2, -0.15) is 5.10 Å². The van der Waals surface area contributed by atoms with Crippen molar-refractivity contribution in [1.82, 2.24) is 14.7 Å². The molecular formula is C24H31N3O2. The zero-order valence-electron chi connectivity index (χ0n) is 17.4. The highest BCUT2D eigenvalue weighted by molar-refractivity contribution is 5.41. The van der Waals surface area contributed by atoms with Gasteiger partial charge in [-0.1, -0.05) is 12.5 Å². The van der Waals surface area contributed by atoms with Gasteiger partial charge in [0.1, 0.15) is 5.75 Å². The Morgan fingerprint density at radius 3 is 2.76 bits per heavy atom. The van der Waals surface area contributed by atoms with Crippen LogP contribution in [0.15, 0.2) is 24.4 Å². The van der Waals surface area contributed by atoms with E-state index in [-0.39, 0.29) is 0 Å². The van der Waals surface area contributed by atoms with Crippen molar-refractivity contribution in [3.05, 3.63) is 46.8 Å². The Morgan fingerprint density at radius 1 is 1.10 bits per heavy atom. The maximum Gasteiger partial charge on any atom is 0.213 e. The van der Waals surface area contributed by atoms with Gasteiger partial charge in [-0.25, -0.2) is 0 Å². The Kier molecular flexibility index (Phi) is 4.24. The van der Waals surface area contributed by atoms with Gasteiger partial charge < -0.3 is 9.47 Å². The van der Waals surface area contributed by atoms with Gasteiger partial charge in [0.25, 0.3) is 0 Å². The molecule has 1 aromatic heterocycles. The molecule has 4 aliphatic rings. The van der Waals surface area contributed by atoms with Gasteiger partial charge in [-0.05, 0) is 61.3 Å². The SMILES string of the molecule is Cn1cc2c(n1)CCC(c1ccc3c(c1)COC1(CCN(C4CCC4)CC1)O3)C2. The number of nitrogens with zero attached hydrogens (tertiary/aromatic N) is 3. The third-order valence-electron chi connectivity index (χ3n) is 7.68. The maximum atomic E-state index is 6.48. The van der Waals surface area contributed by atoms with Crippen molar-refractivity contribution in [3.63, 3.8) is 0 Å². The molecule has 2 aromatic rings. The van der Waals surface area contributed by atoms with E-state index in [0.717, 1.165) is 50.6 Å². The zero-order valence-corrected chi connectivity index (χ0v) is 17.4. The van der Waals surface area contributed by atoms with Crippen molar-refractivity contribution < 1.29 is 9.47 Å². The number of benzene rings is 1. The summed E-state index contributed by atoms with van der Waals surface area (Å²) in [7, 11) is 2.02. The maximum absolute atomic E-state index is 6.48. The summed E-state index contributed by atoms with van der Waals surface area (Å²) in [6, 6.07) is 7.64. The second-order valence-electron chi connectivity index (χ2n) is 9.50. The van der Waals surface area contributed by atoms with Crippen LogP contribution in [0.4, 0.5) is 0 Å². The fourth-order valence-electron chi connectivity index (χ4n) is 5.66. The van der Waals surface area contributed by atoms with Crippen LogP contribution in [0.5, 0.6) is 5.75 Å². The highest BCUT2D eigenvalue weighted by atomic mass is 16.7. The van der Waals surface area contributed by atoms with Crippen LogP contribution < -0.4 is 4.74 Å². The van der Waals surface area contributed by atoms with Crippen LogP contribution in [-0.2, 0) is 31.2 Å². The quantitative estimate of drug-likeness (QED) is 0.775. The molecule has 1 spiro atoms. The monoisotopic (exact) mass is 393 g/mol. The second kappa shape index (κ2) is 6.85. The molecule has 5 heteroatoms. The van der Waals surface area contributed by atoms with Gasteiger partial charge in [0.15, 0.2) is 0 Å². The van der Waals surface area contributed by atoms with E-state index < -0.39 is 5.79 Å². The van der Waals surface area contributed by atoms with Gasteiger partial charge in [-0.3, -0.25) is 9.58 Å². The third-order valence-corrected chi connectivity index (χ3v) is 7.68. The number of aryl methyl sites for hydroxylation is 2. The average Bonchev–Trinajstić information content (AvgIpc) is 3.07. The van der Waals surface area contributed by atoms with Crippen molar-refractivity contribution in [2.24, 2.45) is 7.05 Å². The lowest BCUT2D eigenvalue weighted by Gasteiger charge is -2.47. The molecule has 1 saturated heterocycles. The number of ether oxygens (including phenoxy) is 2. The Morgan fingerprint density at radius 2 is 1.97 bits per heavy atom. The van der Waals surface area contributed by atoms with Gasteiger partial charge >= 0.3 is 0 Å². The first kappa shape index (κ1) is 18.0. The summed E-state index contributed by atoms with van der Waals surface area (Å²) in [4.78, 5) is 2.65. The molecular weight excluding hydrogens is 362 g/mol. The van der Waals surface area contributed by atoms with Crippen molar-refractivity contribution >= 4 is 0 Å². The Labute approximate surface area is 173 Å². The second-order valence-corrected chi connectivity index (χ2v) is 9.50. The molecule has 2 fully saturated rings. The molecule has 2 aliphatic heterocycles. The lowest BCUT2D eigenvalue weighted by atomic mass is 9.82. The van der Waals surface area contributed by atoms with Crippen molar-refractivity contribution in [1.29, 1.82) is 0 Å². The molecule has 5 nitrogen and oxygen atoms in total. The predicted octanol–water partition coefficient (Wildman–Crippen LogP) is 3.95. The highest BCUT2D eigenvalue weighted by Gasteiger charge is 2.42. The molecule has 0 bridgehead atoms. The van der Waals surface area contributed by atoms with Crippen LogP contribution in [-0.4, -0.2) is 39.6 Å². The van der Waals surface area contributed by atoms with Crippen LogP contribution in [0.25, 0.3) is 0 Å². The van der Waals surface area contributed by atoms with Crippen molar-refractivity contribution in [2.45, 2.75) is 75.7 Å². The lowest BCUT2D eigenvalue weighted by molar-refractivity contribution is -0.231. The highest BCUT2D eigenvalue weighted by Crippen LogP contribution is 2.41. The van der Waals surface area contributed by atoms with E-state index in [2.05, 4.69) is 34.4 Å². The molecule has 6 rings (SSSR count). The average molecular weight is 394 g/mol. The smallest absolute Gasteiger partial charge is 0.213 e. The van der Waals surface area contributed by atoms with E-state index in [1.54, 1.807) is 0 Å². The normalized spacial score (nSPS) is 26.4. The first-order valence-corrected chi connectivity index (χ1v) is 11.4. The van der Waals surface area contributed by atoms with Gasteiger partial charge in [0.05, 0.1) is 12.3 Å². The summed E-state index contributed by atoms with van der Waals surface area (Å²) in [5, 5.41) is 4.60. The standard InChI is InChI=1S/C24H31N3O2/c1-26-15-19-13-17(5-7-22(19)25-26)18-6-8-23-20(14-18)16-28-24(29-23)9-11-27(12-10-24)21-3-2-4-21/h6,8,14-15,17,21H,2-5,7,9-13,16H2,1H3. The molecule has 29 heavy (non-hydrogen) atoms. The van der Waals surface area contributed by atoms with E-state index in [4.69, 9.17) is 9.47 Å². The molecule has 3 heterocycles. The number of hydrogen-bond acceptors (Lipinski definition) is 4. The summed E-state index contributed by atoms with van der Waals surface area (Å²) in [5.74, 6) is 1.21. The third kappa shape index (κ3) is 3.19. The van der Waals surface area contributed by atoms with Gasteiger partial charge in [0.2, 0.25) is 5.79 Å². The Balaban J connectivity index is 1.15. The summed E-state index contributed by atoms with van der Waals surface area (Å²) in [6.07, 6.45) is 11.6. The summed E-state index contributed by atoms with van der Waals surface area (Å²) in [6.45, 7) is 2.89. The zero-order chi connectivity index (χ0) is 19.4. The molecule has 1 saturated carbocycles. The molecule has 1 aromatic carbocycles. The largest absolute Gasteiger partial charge is 0.462 e. The van der Waals surface area contributed by atoms with Crippen molar-refractivity contribution in [2.75, 3.05) is 13.1 Å². The number of fused-ring (bicyclic) bond motifs is 2. The van der Waals surface area contributed by atoms with Crippen molar-refractivity contribution in [3.8, 4) is 5.75 Å². The predicted molar refractivity (Wildman–Crippen MR) is 111 cm³/mol. The van der Waals surface area contributed by atoms with Crippen LogP contribution in [0.1, 0.15) is 66.8 Å². The van der Waals surface area contributed by atoms with Gasteiger partial charge in [-0.15, -0.1) is 0 Å². The Hall–Kier alpha value is -1.85. The molecule has 0 radical (unpaired) electrons. The number of rotatable bonds is 2. The van der Waals surface area contributed by atoms with E-state index in [1.807, 2.05) is 11.7 Å². The fourth-order valence-corrected chi connectivity index (χ4v) is 5.66. The Bertz CT molecular complexity index is 909. The number of likely N-dealkylation sites (tertiary alicyclic amines) is 1. The minimum absolute atomic E-state index is 0.399. The molecule has 2 aliphatic carbocycles. The molecule has 1 unspecified atom stereocenters. The van der Waals surface area contributed by atoms with Crippen LogP contribution >= 0.6 is 0 Å². The number of aromatic nitrogens is 2. The first-order valence-electron chi connectivity index (χ1n) is 11.4. The minimum atomic E-state index is -0.399. The summed E-state index contributed by atoms with van der Waals surface area (Å²) in [5.41, 5.74) is 5.32. The molecule has 154 valence electrons. The minimum Gasteiger partial charge on any atom is -0.462 e. The van der Waals surface area contributed by atoms with Crippen LogP contribution in [0.2, 0.25) is 0 Å². The molecule has 1 atom stereocenters. The molecule has 0 N–H and O–H groups in total. The topological polar surface area (TPSA) is 39.5 Å². The number of hydrogen-bond donors (Lipinski definition) is 0.